The van der Waals surface area contributed by atoms with E-state index in [9.17, 15) is 31.1 Å². The monoisotopic (exact) mass is 509 g/mol. The Morgan fingerprint density at radius 2 is 1.31 bits per heavy atom. The molecule has 36 heavy (non-hydrogen) atoms. The molecule has 1 aliphatic heterocycles. The van der Waals surface area contributed by atoms with Gasteiger partial charge in [-0.05, 0) is 61.7 Å². The maximum absolute atomic E-state index is 13.0. The summed E-state index contributed by atoms with van der Waals surface area (Å²) in [6.45, 7) is 1.88. The molecule has 0 atom stereocenters. The Labute approximate surface area is 202 Å². The van der Waals surface area contributed by atoms with Gasteiger partial charge in [-0.25, -0.2) is 4.79 Å². The quantitative estimate of drug-likeness (QED) is 0.379. The van der Waals surface area contributed by atoms with Crippen LogP contribution in [0.25, 0.3) is 11.3 Å². The average Bonchev–Trinajstić information content (AvgIpc) is 2.84. The highest BCUT2D eigenvalue weighted by Gasteiger charge is 2.37. The van der Waals surface area contributed by atoms with Gasteiger partial charge in [-0.2, -0.15) is 26.3 Å². The highest BCUT2D eigenvalue weighted by atomic mass is 19.4. The standard InChI is InChI=1S/C24H21F6N5O/c25-23(26,27)16-12-17(24(28,29)30)14-19(13-16)32-22(36)31-18-6-4-15(5-7-18)20-8-9-21(34-33-20)35-10-2-1-3-11-35/h4-9,12-14H,1-3,10-11H2,(H2,31,32,36). The first-order valence-electron chi connectivity index (χ1n) is 11.1. The lowest BCUT2D eigenvalue weighted by Crippen LogP contribution is -2.30. The van der Waals surface area contributed by atoms with Crippen molar-refractivity contribution in [3.05, 3.63) is 65.7 Å². The molecule has 2 aromatic carbocycles. The van der Waals surface area contributed by atoms with Gasteiger partial charge in [-0.1, -0.05) is 12.1 Å². The molecule has 1 saturated heterocycles. The molecule has 2 N–H and O–H groups in total. The van der Waals surface area contributed by atoms with Crippen LogP contribution in [0.1, 0.15) is 30.4 Å². The van der Waals surface area contributed by atoms with Crippen LogP contribution in [0.15, 0.2) is 54.6 Å². The second-order valence-electron chi connectivity index (χ2n) is 8.28. The number of aromatic nitrogens is 2. The predicted molar refractivity (Wildman–Crippen MR) is 123 cm³/mol. The number of carbonyl (C=O) groups excluding carboxylic acids is 1. The van der Waals surface area contributed by atoms with E-state index in [0.717, 1.165) is 31.7 Å². The Bertz CT molecular complexity index is 1170. The highest BCUT2D eigenvalue weighted by molar-refractivity contribution is 6.00. The Balaban J connectivity index is 1.42. The minimum absolute atomic E-state index is 0.0101. The van der Waals surface area contributed by atoms with Gasteiger partial charge in [-0.15, -0.1) is 10.2 Å². The number of nitrogens with zero attached hydrogens (tertiary/aromatic N) is 3. The molecule has 1 aliphatic rings. The number of carbonyl (C=O) groups is 1. The molecular weight excluding hydrogens is 488 g/mol. The molecule has 0 aliphatic carbocycles. The lowest BCUT2D eigenvalue weighted by atomic mass is 10.1. The third-order valence-corrected chi connectivity index (χ3v) is 5.61. The van der Waals surface area contributed by atoms with Crippen molar-refractivity contribution in [1.29, 1.82) is 0 Å². The van der Waals surface area contributed by atoms with Crippen molar-refractivity contribution in [1.82, 2.24) is 10.2 Å². The molecule has 1 fully saturated rings. The number of nitrogens with one attached hydrogen (secondary N) is 2. The van der Waals surface area contributed by atoms with Crippen molar-refractivity contribution in [3.63, 3.8) is 0 Å². The van der Waals surface area contributed by atoms with Crippen LogP contribution in [0.4, 0.5) is 48.3 Å². The SMILES string of the molecule is O=C(Nc1ccc(-c2ccc(N3CCCCC3)nn2)cc1)Nc1cc(C(F)(F)F)cc(C(F)(F)F)c1. The number of rotatable bonds is 4. The summed E-state index contributed by atoms with van der Waals surface area (Å²) in [5.74, 6) is 0.802. The molecule has 0 saturated carbocycles. The van der Waals surface area contributed by atoms with E-state index < -0.39 is 35.2 Å². The van der Waals surface area contributed by atoms with E-state index in [0.29, 0.717) is 23.4 Å². The average molecular weight is 509 g/mol. The van der Waals surface area contributed by atoms with Crippen LogP contribution in [-0.4, -0.2) is 29.3 Å². The van der Waals surface area contributed by atoms with Crippen molar-refractivity contribution in [2.45, 2.75) is 31.6 Å². The van der Waals surface area contributed by atoms with E-state index in [4.69, 9.17) is 0 Å². The Hall–Kier alpha value is -3.83. The fourth-order valence-corrected chi connectivity index (χ4v) is 3.82. The van der Waals surface area contributed by atoms with Crippen molar-refractivity contribution in [2.75, 3.05) is 28.6 Å². The van der Waals surface area contributed by atoms with Crippen LogP contribution in [-0.2, 0) is 12.4 Å². The van der Waals surface area contributed by atoms with E-state index >= 15 is 0 Å². The number of hydrogen-bond acceptors (Lipinski definition) is 4. The van der Waals surface area contributed by atoms with Crippen molar-refractivity contribution in [2.24, 2.45) is 0 Å². The third-order valence-electron chi connectivity index (χ3n) is 5.61. The number of urea groups is 1. The van der Waals surface area contributed by atoms with E-state index in [1.165, 1.54) is 18.6 Å². The summed E-state index contributed by atoms with van der Waals surface area (Å²) in [7, 11) is 0. The summed E-state index contributed by atoms with van der Waals surface area (Å²) in [6.07, 6.45) is -6.60. The minimum Gasteiger partial charge on any atom is -0.355 e. The summed E-state index contributed by atoms with van der Waals surface area (Å²) in [5, 5.41) is 12.9. The van der Waals surface area contributed by atoms with Gasteiger partial charge in [0.15, 0.2) is 5.82 Å². The zero-order chi connectivity index (χ0) is 25.9. The lowest BCUT2D eigenvalue weighted by molar-refractivity contribution is -0.143. The van der Waals surface area contributed by atoms with Gasteiger partial charge >= 0.3 is 18.4 Å². The number of halogens is 6. The van der Waals surface area contributed by atoms with Crippen molar-refractivity contribution < 1.29 is 31.1 Å². The molecule has 1 aromatic heterocycles. The van der Waals surface area contributed by atoms with Crippen LogP contribution in [0.5, 0.6) is 0 Å². The largest absolute Gasteiger partial charge is 0.416 e. The lowest BCUT2D eigenvalue weighted by Gasteiger charge is -2.27. The normalized spacial score (nSPS) is 14.4. The fraction of sp³-hybridized carbons (Fsp3) is 0.292. The molecule has 0 spiro atoms. The Morgan fingerprint density at radius 1 is 0.722 bits per heavy atom. The predicted octanol–water partition coefficient (Wildman–Crippen LogP) is 6.82. The number of hydrogen-bond donors (Lipinski definition) is 2. The van der Waals surface area contributed by atoms with Gasteiger partial charge in [-0.3, -0.25) is 0 Å². The van der Waals surface area contributed by atoms with Crippen LogP contribution < -0.4 is 15.5 Å². The first-order valence-corrected chi connectivity index (χ1v) is 11.1. The summed E-state index contributed by atoms with van der Waals surface area (Å²) in [4.78, 5) is 14.4. The van der Waals surface area contributed by atoms with Crippen LogP contribution in [0.3, 0.4) is 0 Å². The van der Waals surface area contributed by atoms with E-state index in [2.05, 4.69) is 20.4 Å². The first-order chi connectivity index (χ1) is 17.0. The van der Waals surface area contributed by atoms with Crippen LogP contribution in [0.2, 0.25) is 0 Å². The number of piperidine rings is 1. The smallest absolute Gasteiger partial charge is 0.355 e. The van der Waals surface area contributed by atoms with E-state index in [1.54, 1.807) is 12.1 Å². The molecule has 6 nitrogen and oxygen atoms in total. The maximum Gasteiger partial charge on any atom is 0.416 e. The Kier molecular flexibility index (Phi) is 7.04. The van der Waals surface area contributed by atoms with Gasteiger partial charge < -0.3 is 15.5 Å². The van der Waals surface area contributed by atoms with Gasteiger partial charge in [0, 0.05) is 30.0 Å². The molecule has 190 valence electrons. The summed E-state index contributed by atoms with van der Waals surface area (Å²) >= 11 is 0. The summed E-state index contributed by atoms with van der Waals surface area (Å²) in [6, 6.07) is 9.96. The molecule has 2 heterocycles. The molecular formula is C24H21F6N5O. The third kappa shape index (κ3) is 6.23. The van der Waals surface area contributed by atoms with Gasteiger partial charge in [0.05, 0.1) is 16.8 Å². The van der Waals surface area contributed by atoms with Crippen LogP contribution in [0, 0.1) is 0 Å². The Morgan fingerprint density at radius 3 is 1.83 bits per heavy atom. The molecule has 3 aromatic rings. The molecule has 4 rings (SSSR count). The topological polar surface area (TPSA) is 70.2 Å². The highest BCUT2D eigenvalue weighted by Crippen LogP contribution is 2.37. The van der Waals surface area contributed by atoms with Gasteiger partial charge in [0.1, 0.15) is 0 Å². The van der Waals surface area contributed by atoms with Crippen molar-refractivity contribution >= 4 is 23.2 Å². The first kappa shape index (κ1) is 25.3. The second kappa shape index (κ2) is 10.0. The number of benzene rings is 2. The summed E-state index contributed by atoms with van der Waals surface area (Å²) < 4.78 is 78.0. The number of anilines is 3. The molecule has 2 amide bonds. The van der Waals surface area contributed by atoms with Crippen LogP contribution >= 0.6 is 0 Å². The number of alkyl halides is 6. The van der Waals surface area contributed by atoms with Gasteiger partial charge in [0.25, 0.3) is 0 Å². The minimum atomic E-state index is -5.02. The maximum atomic E-state index is 13.0. The number of amides is 2. The second-order valence-corrected chi connectivity index (χ2v) is 8.28. The molecule has 12 heteroatoms. The summed E-state index contributed by atoms with van der Waals surface area (Å²) in [5.41, 5.74) is -2.09. The molecule has 0 radical (unpaired) electrons. The zero-order valence-corrected chi connectivity index (χ0v) is 18.7. The van der Waals surface area contributed by atoms with Crippen molar-refractivity contribution in [3.8, 4) is 11.3 Å². The van der Waals surface area contributed by atoms with E-state index in [1.807, 2.05) is 17.4 Å². The fourth-order valence-electron chi connectivity index (χ4n) is 3.82. The zero-order valence-electron chi connectivity index (χ0n) is 18.7. The molecule has 0 unspecified atom stereocenters. The van der Waals surface area contributed by atoms with Gasteiger partial charge in [0.2, 0.25) is 0 Å². The molecule has 0 bridgehead atoms. The van der Waals surface area contributed by atoms with E-state index in [-0.39, 0.29) is 11.8 Å².